The second-order valence-electron chi connectivity index (χ2n) is 3.53. The van der Waals surface area contributed by atoms with Gasteiger partial charge in [-0.2, -0.15) is 11.8 Å². The van der Waals surface area contributed by atoms with E-state index < -0.39 is 11.5 Å². The van der Waals surface area contributed by atoms with E-state index in [0.717, 1.165) is 17.9 Å². The third-order valence-corrected chi connectivity index (χ3v) is 3.32. The van der Waals surface area contributed by atoms with Crippen LogP contribution in [0, 0.1) is 0 Å². The summed E-state index contributed by atoms with van der Waals surface area (Å²) in [5.74, 6) is 1.27. The van der Waals surface area contributed by atoms with Crippen LogP contribution in [0.15, 0.2) is 0 Å². The molecule has 0 saturated carbocycles. The standard InChI is InChI=1S/C10H21NO2S/c1-4-7-14-8-6-10(3,9(12)13)11-5-2/h11H,4-8H2,1-3H3,(H,12,13). The summed E-state index contributed by atoms with van der Waals surface area (Å²) < 4.78 is 0. The van der Waals surface area contributed by atoms with Crippen molar-refractivity contribution in [3.63, 3.8) is 0 Å². The molecule has 0 saturated heterocycles. The molecule has 0 aromatic rings. The molecule has 0 amide bonds. The van der Waals surface area contributed by atoms with Crippen molar-refractivity contribution in [1.29, 1.82) is 0 Å². The molecule has 0 bridgehead atoms. The molecule has 3 nitrogen and oxygen atoms in total. The van der Waals surface area contributed by atoms with Crippen LogP contribution >= 0.6 is 11.8 Å². The number of hydrogen-bond acceptors (Lipinski definition) is 3. The van der Waals surface area contributed by atoms with Crippen molar-refractivity contribution in [2.24, 2.45) is 0 Å². The SMILES string of the molecule is CCCSCCC(C)(NCC)C(=O)O. The van der Waals surface area contributed by atoms with Crippen LogP contribution in [0.1, 0.15) is 33.6 Å². The monoisotopic (exact) mass is 219 g/mol. The zero-order chi connectivity index (χ0) is 11.0. The Bertz CT molecular complexity index is 176. The van der Waals surface area contributed by atoms with Gasteiger partial charge in [0.15, 0.2) is 0 Å². The third kappa shape index (κ3) is 4.86. The van der Waals surface area contributed by atoms with Crippen molar-refractivity contribution in [3.05, 3.63) is 0 Å². The summed E-state index contributed by atoms with van der Waals surface area (Å²) in [6.07, 6.45) is 1.83. The van der Waals surface area contributed by atoms with E-state index in [2.05, 4.69) is 12.2 Å². The Kier molecular flexibility index (Phi) is 7.01. The zero-order valence-electron chi connectivity index (χ0n) is 9.30. The Balaban J connectivity index is 3.90. The highest BCUT2D eigenvalue weighted by Crippen LogP contribution is 2.15. The minimum Gasteiger partial charge on any atom is -0.480 e. The predicted molar refractivity (Wildman–Crippen MR) is 62.0 cm³/mol. The second-order valence-corrected chi connectivity index (χ2v) is 4.75. The Morgan fingerprint density at radius 1 is 1.43 bits per heavy atom. The van der Waals surface area contributed by atoms with Gasteiger partial charge in [-0.1, -0.05) is 13.8 Å². The topological polar surface area (TPSA) is 49.3 Å². The molecule has 0 aliphatic carbocycles. The Morgan fingerprint density at radius 3 is 2.50 bits per heavy atom. The lowest BCUT2D eigenvalue weighted by Gasteiger charge is -2.25. The summed E-state index contributed by atoms with van der Waals surface area (Å²) in [6.45, 7) is 6.51. The molecule has 0 radical (unpaired) electrons. The van der Waals surface area contributed by atoms with E-state index in [1.807, 2.05) is 18.7 Å². The van der Waals surface area contributed by atoms with Gasteiger partial charge < -0.3 is 10.4 Å². The average molecular weight is 219 g/mol. The van der Waals surface area contributed by atoms with Crippen LogP contribution in [0.5, 0.6) is 0 Å². The zero-order valence-corrected chi connectivity index (χ0v) is 10.1. The summed E-state index contributed by atoms with van der Waals surface area (Å²) in [5, 5.41) is 12.1. The lowest BCUT2D eigenvalue weighted by atomic mass is 9.99. The Labute approximate surface area is 90.7 Å². The third-order valence-electron chi connectivity index (χ3n) is 2.13. The van der Waals surface area contributed by atoms with Crippen LogP contribution < -0.4 is 5.32 Å². The molecular weight excluding hydrogens is 198 g/mol. The van der Waals surface area contributed by atoms with Gasteiger partial charge in [-0.25, -0.2) is 0 Å². The van der Waals surface area contributed by atoms with Crippen LogP contribution in [-0.4, -0.2) is 34.7 Å². The molecule has 0 aliphatic heterocycles. The van der Waals surface area contributed by atoms with Crippen molar-refractivity contribution < 1.29 is 9.90 Å². The van der Waals surface area contributed by atoms with E-state index in [1.165, 1.54) is 0 Å². The lowest BCUT2D eigenvalue weighted by Crippen LogP contribution is -2.49. The number of rotatable bonds is 8. The molecule has 2 N–H and O–H groups in total. The Hall–Kier alpha value is -0.220. The lowest BCUT2D eigenvalue weighted by molar-refractivity contribution is -0.144. The molecule has 0 heterocycles. The quantitative estimate of drug-likeness (QED) is 0.613. The van der Waals surface area contributed by atoms with E-state index in [-0.39, 0.29) is 0 Å². The van der Waals surface area contributed by atoms with Crippen LogP contribution in [0.25, 0.3) is 0 Å². The van der Waals surface area contributed by atoms with Gasteiger partial charge in [0, 0.05) is 0 Å². The highest BCUT2D eigenvalue weighted by molar-refractivity contribution is 7.99. The largest absolute Gasteiger partial charge is 0.480 e. The first-order valence-corrected chi connectivity index (χ1v) is 6.28. The minimum absolute atomic E-state index is 0.681. The fourth-order valence-electron chi connectivity index (χ4n) is 1.18. The summed E-state index contributed by atoms with van der Waals surface area (Å²) in [5.41, 5.74) is -0.754. The first-order valence-electron chi connectivity index (χ1n) is 5.13. The van der Waals surface area contributed by atoms with Gasteiger partial charge >= 0.3 is 5.97 Å². The van der Waals surface area contributed by atoms with Crippen molar-refractivity contribution in [2.45, 2.75) is 39.2 Å². The highest BCUT2D eigenvalue weighted by Gasteiger charge is 2.31. The maximum Gasteiger partial charge on any atom is 0.323 e. The molecule has 0 aromatic heterocycles. The van der Waals surface area contributed by atoms with Crippen LogP contribution in [0.3, 0.4) is 0 Å². The fraction of sp³-hybridized carbons (Fsp3) is 0.900. The molecule has 0 aromatic carbocycles. The molecule has 0 aliphatic rings. The van der Waals surface area contributed by atoms with Crippen molar-refractivity contribution in [2.75, 3.05) is 18.1 Å². The van der Waals surface area contributed by atoms with Crippen molar-refractivity contribution in [3.8, 4) is 0 Å². The number of hydrogen-bond donors (Lipinski definition) is 2. The maximum absolute atomic E-state index is 11.0. The van der Waals surface area contributed by atoms with Crippen LogP contribution in [-0.2, 0) is 4.79 Å². The molecule has 0 rings (SSSR count). The molecule has 1 unspecified atom stereocenters. The van der Waals surface area contributed by atoms with E-state index >= 15 is 0 Å². The normalized spacial score (nSPS) is 15.1. The number of carbonyl (C=O) groups is 1. The molecule has 14 heavy (non-hydrogen) atoms. The summed E-state index contributed by atoms with van der Waals surface area (Å²) in [6, 6.07) is 0. The molecule has 4 heteroatoms. The Morgan fingerprint density at radius 2 is 2.07 bits per heavy atom. The highest BCUT2D eigenvalue weighted by atomic mass is 32.2. The van der Waals surface area contributed by atoms with E-state index in [1.54, 1.807) is 6.92 Å². The minimum atomic E-state index is -0.754. The number of carboxylic acid groups (broad SMARTS) is 1. The van der Waals surface area contributed by atoms with Gasteiger partial charge in [0.2, 0.25) is 0 Å². The summed E-state index contributed by atoms with van der Waals surface area (Å²) >= 11 is 1.82. The summed E-state index contributed by atoms with van der Waals surface area (Å²) in [4.78, 5) is 11.0. The van der Waals surface area contributed by atoms with Crippen molar-refractivity contribution >= 4 is 17.7 Å². The van der Waals surface area contributed by atoms with Crippen LogP contribution in [0.4, 0.5) is 0 Å². The number of aliphatic carboxylic acids is 1. The predicted octanol–water partition coefficient (Wildman–Crippen LogP) is 1.97. The molecule has 84 valence electrons. The number of thioether (sulfide) groups is 1. The van der Waals surface area contributed by atoms with E-state index in [0.29, 0.717) is 13.0 Å². The molecule has 0 fully saturated rings. The van der Waals surface area contributed by atoms with E-state index in [9.17, 15) is 4.79 Å². The molecule has 1 atom stereocenters. The smallest absolute Gasteiger partial charge is 0.323 e. The van der Waals surface area contributed by atoms with E-state index in [4.69, 9.17) is 5.11 Å². The molecule has 0 spiro atoms. The van der Waals surface area contributed by atoms with Gasteiger partial charge in [-0.05, 0) is 37.8 Å². The number of carboxylic acids is 1. The van der Waals surface area contributed by atoms with Crippen molar-refractivity contribution in [1.82, 2.24) is 5.32 Å². The van der Waals surface area contributed by atoms with Crippen LogP contribution in [0.2, 0.25) is 0 Å². The summed E-state index contributed by atoms with van der Waals surface area (Å²) in [7, 11) is 0. The van der Waals surface area contributed by atoms with Gasteiger partial charge in [0.05, 0.1) is 0 Å². The van der Waals surface area contributed by atoms with Gasteiger partial charge in [-0.3, -0.25) is 4.79 Å². The number of nitrogens with one attached hydrogen (secondary N) is 1. The first-order chi connectivity index (χ1) is 6.56. The van der Waals surface area contributed by atoms with Gasteiger partial charge in [-0.15, -0.1) is 0 Å². The fourth-order valence-corrected chi connectivity index (χ4v) is 2.23. The number of likely N-dealkylation sites (N-methyl/N-ethyl adjacent to an activating group) is 1. The molecular formula is C10H21NO2S. The maximum atomic E-state index is 11.0. The van der Waals surface area contributed by atoms with Gasteiger partial charge in [0.25, 0.3) is 0 Å². The first kappa shape index (κ1) is 13.8. The van der Waals surface area contributed by atoms with Gasteiger partial charge in [0.1, 0.15) is 5.54 Å². The second kappa shape index (κ2) is 7.12. The average Bonchev–Trinajstić information content (AvgIpc) is 2.13.